The quantitative estimate of drug-likeness (QED) is 0.557. The first-order valence-electron chi connectivity index (χ1n) is 5.82. The molecule has 1 aliphatic rings. The van der Waals surface area contributed by atoms with Crippen molar-refractivity contribution in [3.05, 3.63) is 20.3 Å². The normalized spacial score (nSPS) is 25.9. The molecule has 3 heteroatoms. The minimum Gasteiger partial charge on any atom is -0.143 e. The van der Waals surface area contributed by atoms with Gasteiger partial charge in [-0.3, -0.25) is 0 Å². The first-order valence-corrected chi connectivity index (χ1v) is 8.34. The molecule has 0 N–H and O–H groups in total. The molecular weight excluding hydrogens is 348 g/mol. The topological polar surface area (TPSA) is 0 Å². The van der Waals surface area contributed by atoms with Gasteiger partial charge in [-0.1, -0.05) is 36.2 Å². The van der Waals surface area contributed by atoms with E-state index in [0.29, 0.717) is 10.2 Å². The number of hydrogen-bond acceptors (Lipinski definition) is 1. The fourth-order valence-electron chi connectivity index (χ4n) is 2.71. The van der Waals surface area contributed by atoms with Gasteiger partial charge < -0.3 is 0 Å². The first kappa shape index (κ1) is 13.1. The van der Waals surface area contributed by atoms with Crippen molar-refractivity contribution in [1.82, 2.24) is 0 Å². The highest BCUT2D eigenvalue weighted by molar-refractivity contribution is 9.10. The monoisotopic (exact) mass is 364 g/mol. The van der Waals surface area contributed by atoms with Crippen LogP contribution in [0.1, 0.15) is 47.7 Å². The van der Waals surface area contributed by atoms with E-state index < -0.39 is 0 Å². The van der Waals surface area contributed by atoms with Crippen molar-refractivity contribution in [3.63, 3.8) is 0 Å². The Balaban J connectivity index is 2.22. The van der Waals surface area contributed by atoms with E-state index in [1.807, 2.05) is 11.3 Å². The molecule has 16 heavy (non-hydrogen) atoms. The average Bonchev–Trinajstić information content (AvgIpc) is 2.70. The van der Waals surface area contributed by atoms with Gasteiger partial charge in [-0.05, 0) is 53.1 Å². The summed E-state index contributed by atoms with van der Waals surface area (Å²) in [5.74, 6) is 0.775. The Morgan fingerprint density at radius 1 is 1.50 bits per heavy atom. The smallest absolute Gasteiger partial charge is 0.0522 e. The Bertz CT molecular complexity index is 362. The average molecular weight is 366 g/mol. The number of alkyl halides is 1. The molecule has 0 nitrogen and oxygen atoms in total. The third-order valence-electron chi connectivity index (χ3n) is 3.84. The van der Waals surface area contributed by atoms with Crippen molar-refractivity contribution in [2.24, 2.45) is 11.3 Å². The summed E-state index contributed by atoms with van der Waals surface area (Å²) >= 11 is 9.45. The van der Waals surface area contributed by atoms with E-state index in [1.54, 1.807) is 0 Å². The Kier molecular flexibility index (Phi) is 3.88. The van der Waals surface area contributed by atoms with Crippen molar-refractivity contribution in [3.8, 4) is 0 Å². The SMILES string of the molecule is Cc1sc(C(Br)C2CCCC2(C)C)cc1Br. The number of rotatable bonds is 2. The standard InChI is InChI=1S/C13H18Br2S/c1-8-10(14)7-11(16-8)12(15)9-5-4-6-13(9,2)3/h7,9,12H,4-6H2,1-3H3. The lowest BCUT2D eigenvalue weighted by Crippen LogP contribution is -2.20. The second-order valence-electron chi connectivity index (χ2n) is 5.44. The lowest BCUT2D eigenvalue weighted by Gasteiger charge is -2.30. The van der Waals surface area contributed by atoms with Gasteiger partial charge >= 0.3 is 0 Å². The van der Waals surface area contributed by atoms with Crippen molar-refractivity contribution < 1.29 is 0 Å². The molecule has 0 amide bonds. The van der Waals surface area contributed by atoms with E-state index in [4.69, 9.17) is 0 Å². The Morgan fingerprint density at radius 2 is 2.19 bits per heavy atom. The van der Waals surface area contributed by atoms with E-state index in [0.717, 1.165) is 5.92 Å². The van der Waals surface area contributed by atoms with Gasteiger partial charge in [0.2, 0.25) is 0 Å². The van der Waals surface area contributed by atoms with Gasteiger partial charge in [-0.15, -0.1) is 11.3 Å². The highest BCUT2D eigenvalue weighted by Gasteiger charge is 2.39. The fraction of sp³-hybridized carbons (Fsp3) is 0.692. The zero-order valence-electron chi connectivity index (χ0n) is 10.0. The van der Waals surface area contributed by atoms with Crippen LogP contribution >= 0.6 is 43.2 Å². The largest absolute Gasteiger partial charge is 0.143 e. The van der Waals surface area contributed by atoms with Gasteiger partial charge in [0.15, 0.2) is 0 Å². The van der Waals surface area contributed by atoms with Gasteiger partial charge in [-0.25, -0.2) is 0 Å². The third-order valence-corrected chi connectivity index (χ3v) is 7.50. The molecule has 0 saturated heterocycles. The van der Waals surface area contributed by atoms with Crippen LogP contribution in [-0.4, -0.2) is 0 Å². The van der Waals surface area contributed by atoms with Crippen molar-refractivity contribution >= 4 is 43.2 Å². The highest BCUT2D eigenvalue weighted by atomic mass is 79.9. The van der Waals surface area contributed by atoms with Crippen molar-refractivity contribution in [1.29, 1.82) is 0 Å². The van der Waals surface area contributed by atoms with E-state index in [2.05, 4.69) is 58.7 Å². The van der Waals surface area contributed by atoms with Crippen LogP contribution in [0, 0.1) is 18.3 Å². The summed E-state index contributed by atoms with van der Waals surface area (Å²) in [4.78, 5) is 3.39. The third kappa shape index (κ3) is 2.41. The van der Waals surface area contributed by atoms with Crippen LogP contribution < -0.4 is 0 Å². The number of thiophene rings is 1. The molecule has 1 aliphatic carbocycles. The van der Waals surface area contributed by atoms with Gasteiger partial charge in [0.05, 0.1) is 4.83 Å². The summed E-state index contributed by atoms with van der Waals surface area (Å²) in [6.07, 6.45) is 4.11. The van der Waals surface area contributed by atoms with Gasteiger partial charge in [0.25, 0.3) is 0 Å². The molecule has 2 rings (SSSR count). The highest BCUT2D eigenvalue weighted by Crippen LogP contribution is 2.53. The number of hydrogen-bond donors (Lipinski definition) is 0. The molecule has 2 atom stereocenters. The summed E-state index contributed by atoms with van der Waals surface area (Å²) in [5, 5.41) is 0. The molecule has 0 aliphatic heterocycles. The van der Waals surface area contributed by atoms with Crippen LogP contribution in [0.2, 0.25) is 0 Å². The minimum atomic E-state index is 0.485. The summed E-state index contributed by atoms with van der Waals surface area (Å²) in [7, 11) is 0. The lowest BCUT2D eigenvalue weighted by molar-refractivity contribution is 0.258. The predicted molar refractivity (Wildman–Crippen MR) is 79.5 cm³/mol. The zero-order valence-corrected chi connectivity index (χ0v) is 14.0. The molecule has 0 radical (unpaired) electrons. The lowest BCUT2D eigenvalue weighted by atomic mass is 9.80. The van der Waals surface area contributed by atoms with E-state index in [-0.39, 0.29) is 0 Å². The number of aryl methyl sites for hydroxylation is 1. The molecule has 1 aromatic heterocycles. The summed E-state index contributed by atoms with van der Waals surface area (Å²) in [5.41, 5.74) is 0.485. The molecule has 1 saturated carbocycles. The summed E-state index contributed by atoms with van der Waals surface area (Å²) < 4.78 is 1.26. The summed E-state index contributed by atoms with van der Waals surface area (Å²) in [6, 6.07) is 2.29. The zero-order chi connectivity index (χ0) is 11.9. The fourth-order valence-corrected chi connectivity index (χ4v) is 5.71. The minimum absolute atomic E-state index is 0.485. The molecule has 1 aromatic rings. The van der Waals surface area contributed by atoms with Crippen LogP contribution in [0.3, 0.4) is 0 Å². The van der Waals surface area contributed by atoms with Crippen molar-refractivity contribution in [2.45, 2.75) is 44.9 Å². The Labute approximate surface area is 119 Å². The van der Waals surface area contributed by atoms with Gasteiger partial charge in [-0.2, -0.15) is 0 Å². The molecule has 0 spiro atoms. The maximum absolute atomic E-state index is 3.93. The van der Waals surface area contributed by atoms with Crippen LogP contribution in [0.5, 0.6) is 0 Å². The molecule has 0 aromatic carbocycles. The van der Waals surface area contributed by atoms with Crippen LogP contribution in [-0.2, 0) is 0 Å². The van der Waals surface area contributed by atoms with Gasteiger partial charge in [0.1, 0.15) is 0 Å². The van der Waals surface area contributed by atoms with Gasteiger partial charge in [0, 0.05) is 14.2 Å². The van der Waals surface area contributed by atoms with Crippen LogP contribution in [0.15, 0.2) is 10.5 Å². The molecular formula is C13H18Br2S. The van der Waals surface area contributed by atoms with Crippen LogP contribution in [0.4, 0.5) is 0 Å². The molecule has 90 valence electrons. The van der Waals surface area contributed by atoms with E-state index in [1.165, 1.54) is 33.5 Å². The molecule has 0 bridgehead atoms. The predicted octanol–water partition coefficient (Wildman–Crippen LogP) is 6.08. The molecule has 2 unspecified atom stereocenters. The number of halogens is 2. The van der Waals surface area contributed by atoms with Crippen LogP contribution in [0.25, 0.3) is 0 Å². The second kappa shape index (κ2) is 4.74. The van der Waals surface area contributed by atoms with Crippen molar-refractivity contribution in [2.75, 3.05) is 0 Å². The van der Waals surface area contributed by atoms with E-state index >= 15 is 0 Å². The Hall–Kier alpha value is 0.660. The molecule has 1 fully saturated rings. The summed E-state index contributed by atoms with van der Waals surface area (Å²) in [6.45, 7) is 7.00. The maximum atomic E-state index is 3.93. The molecule has 1 heterocycles. The van der Waals surface area contributed by atoms with E-state index in [9.17, 15) is 0 Å². The first-order chi connectivity index (χ1) is 7.42. The second-order valence-corrected chi connectivity index (χ2v) is 8.57. The maximum Gasteiger partial charge on any atom is 0.0522 e. The Morgan fingerprint density at radius 3 is 2.62 bits per heavy atom.